The van der Waals surface area contributed by atoms with Gasteiger partial charge in [-0.15, -0.1) is 0 Å². The molecular formula is C23H38N4O4S. The molecule has 1 aromatic rings. The standard InChI is InChI=1S/C23H38N4O4S/c1-4-27(5-2)32(30,31)21-8-9-22(28)26(17-21)18-23(29)25-12-6-7-20(16-25)15-24-13-10-19(3)11-14-24/h8-9,17,19-20H,4-7,10-16,18H2,1-3H3. The van der Waals surface area contributed by atoms with Crippen LogP contribution in [0.1, 0.15) is 46.5 Å². The fourth-order valence-corrected chi connectivity index (χ4v) is 6.27. The highest BCUT2D eigenvalue weighted by atomic mass is 32.2. The maximum Gasteiger partial charge on any atom is 0.251 e. The Morgan fingerprint density at radius 1 is 1.09 bits per heavy atom. The first kappa shape index (κ1) is 24.9. The van der Waals surface area contributed by atoms with Crippen LogP contribution in [0, 0.1) is 11.8 Å². The summed E-state index contributed by atoms with van der Waals surface area (Å²) in [5.41, 5.74) is -0.368. The van der Waals surface area contributed by atoms with Crippen molar-refractivity contribution in [2.24, 2.45) is 11.8 Å². The van der Waals surface area contributed by atoms with Gasteiger partial charge in [0.05, 0.1) is 4.90 Å². The van der Waals surface area contributed by atoms with Crippen LogP contribution in [0.25, 0.3) is 0 Å². The highest BCUT2D eigenvalue weighted by Gasteiger charge is 2.27. The Balaban J connectivity index is 1.65. The molecule has 2 aliphatic heterocycles. The number of likely N-dealkylation sites (tertiary alicyclic amines) is 2. The van der Waals surface area contributed by atoms with Gasteiger partial charge in [-0.05, 0) is 56.7 Å². The summed E-state index contributed by atoms with van der Waals surface area (Å²) in [5, 5.41) is 0. The van der Waals surface area contributed by atoms with Crippen LogP contribution >= 0.6 is 0 Å². The summed E-state index contributed by atoms with van der Waals surface area (Å²) >= 11 is 0. The summed E-state index contributed by atoms with van der Waals surface area (Å²) in [5.74, 6) is 1.13. The van der Waals surface area contributed by atoms with E-state index in [1.165, 1.54) is 40.0 Å². The van der Waals surface area contributed by atoms with Crippen LogP contribution in [0.15, 0.2) is 28.0 Å². The van der Waals surface area contributed by atoms with E-state index >= 15 is 0 Å². The zero-order valence-electron chi connectivity index (χ0n) is 19.7. The molecule has 2 saturated heterocycles. The second-order valence-corrected chi connectivity index (χ2v) is 11.2. The van der Waals surface area contributed by atoms with Crippen LogP contribution in [0.4, 0.5) is 0 Å². The van der Waals surface area contributed by atoms with Crippen molar-refractivity contribution in [3.05, 3.63) is 28.7 Å². The average molecular weight is 467 g/mol. The number of piperidine rings is 2. The van der Waals surface area contributed by atoms with Gasteiger partial charge in [-0.25, -0.2) is 8.42 Å². The molecule has 9 heteroatoms. The van der Waals surface area contributed by atoms with Crippen molar-refractivity contribution in [1.29, 1.82) is 0 Å². The predicted molar refractivity (Wildman–Crippen MR) is 125 cm³/mol. The van der Waals surface area contributed by atoms with Crippen LogP contribution in [-0.2, 0) is 21.4 Å². The summed E-state index contributed by atoms with van der Waals surface area (Å²) in [4.78, 5) is 29.8. The predicted octanol–water partition coefficient (Wildman–Crippen LogP) is 1.85. The number of carbonyl (C=O) groups is 1. The van der Waals surface area contributed by atoms with Gasteiger partial charge in [0, 0.05) is 45.0 Å². The minimum absolute atomic E-state index is 0.0458. The summed E-state index contributed by atoms with van der Waals surface area (Å²) in [6.07, 6.45) is 5.87. The first-order chi connectivity index (χ1) is 15.2. The fourth-order valence-electron chi connectivity index (χ4n) is 4.79. The van der Waals surface area contributed by atoms with E-state index in [9.17, 15) is 18.0 Å². The van der Waals surface area contributed by atoms with Crippen molar-refractivity contribution in [1.82, 2.24) is 18.7 Å². The Bertz CT molecular complexity index is 934. The van der Waals surface area contributed by atoms with Gasteiger partial charge in [-0.2, -0.15) is 4.31 Å². The molecule has 0 spiro atoms. The molecule has 0 aliphatic carbocycles. The molecule has 0 saturated carbocycles. The highest BCUT2D eigenvalue weighted by Crippen LogP contribution is 2.22. The maximum atomic E-state index is 13.0. The molecule has 1 unspecified atom stereocenters. The number of hydrogen-bond donors (Lipinski definition) is 0. The van der Waals surface area contributed by atoms with E-state index in [-0.39, 0.29) is 22.9 Å². The highest BCUT2D eigenvalue weighted by molar-refractivity contribution is 7.89. The number of aromatic nitrogens is 1. The maximum absolute atomic E-state index is 13.0. The molecular weight excluding hydrogens is 428 g/mol. The van der Waals surface area contributed by atoms with Gasteiger partial charge in [0.25, 0.3) is 5.56 Å². The lowest BCUT2D eigenvalue weighted by Gasteiger charge is -2.38. The van der Waals surface area contributed by atoms with Crippen molar-refractivity contribution >= 4 is 15.9 Å². The van der Waals surface area contributed by atoms with Gasteiger partial charge in [-0.3, -0.25) is 9.59 Å². The summed E-state index contributed by atoms with van der Waals surface area (Å²) < 4.78 is 28.2. The summed E-state index contributed by atoms with van der Waals surface area (Å²) in [6.45, 7) is 11.1. The Kier molecular flexibility index (Phi) is 8.52. The van der Waals surface area contributed by atoms with Crippen molar-refractivity contribution in [3.63, 3.8) is 0 Å². The molecule has 0 bridgehead atoms. The van der Waals surface area contributed by atoms with Gasteiger partial charge in [0.2, 0.25) is 15.9 Å². The summed E-state index contributed by atoms with van der Waals surface area (Å²) in [7, 11) is -3.69. The van der Waals surface area contributed by atoms with Gasteiger partial charge < -0.3 is 14.4 Å². The van der Waals surface area contributed by atoms with Gasteiger partial charge in [0.15, 0.2) is 0 Å². The topological polar surface area (TPSA) is 82.9 Å². The van der Waals surface area contributed by atoms with Gasteiger partial charge in [-0.1, -0.05) is 20.8 Å². The van der Waals surface area contributed by atoms with Crippen molar-refractivity contribution < 1.29 is 13.2 Å². The zero-order valence-corrected chi connectivity index (χ0v) is 20.5. The molecule has 2 aliphatic rings. The van der Waals surface area contributed by atoms with E-state index in [0.29, 0.717) is 32.1 Å². The van der Waals surface area contributed by atoms with Crippen molar-refractivity contribution in [3.8, 4) is 0 Å². The second-order valence-electron chi connectivity index (χ2n) is 9.25. The van der Waals surface area contributed by atoms with Crippen LogP contribution in [0.5, 0.6) is 0 Å². The molecule has 0 aromatic carbocycles. The monoisotopic (exact) mass is 466 g/mol. The van der Waals surface area contributed by atoms with Gasteiger partial charge >= 0.3 is 0 Å². The molecule has 180 valence electrons. The first-order valence-electron chi connectivity index (χ1n) is 11.9. The number of sulfonamides is 1. The third-order valence-corrected chi connectivity index (χ3v) is 8.90. The van der Waals surface area contributed by atoms with Crippen molar-refractivity contribution in [2.45, 2.75) is 57.9 Å². The second kappa shape index (κ2) is 10.9. The third kappa shape index (κ3) is 5.99. The van der Waals surface area contributed by atoms with Crippen molar-refractivity contribution in [2.75, 3.05) is 45.8 Å². The van der Waals surface area contributed by atoms with Crippen LogP contribution in [-0.4, -0.2) is 78.8 Å². The van der Waals surface area contributed by atoms with Crippen LogP contribution in [0.2, 0.25) is 0 Å². The minimum atomic E-state index is -3.69. The van der Waals surface area contributed by atoms with E-state index in [2.05, 4.69) is 11.8 Å². The van der Waals surface area contributed by atoms with Gasteiger partial charge in [0.1, 0.15) is 6.54 Å². The SMILES string of the molecule is CCN(CC)S(=O)(=O)c1ccc(=O)n(CC(=O)N2CCCC(CN3CCC(C)CC3)C2)c1. The molecule has 2 fully saturated rings. The normalized spacial score (nSPS) is 21.2. The average Bonchev–Trinajstić information content (AvgIpc) is 2.77. The molecule has 32 heavy (non-hydrogen) atoms. The molecule has 0 N–H and O–H groups in total. The molecule has 1 atom stereocenters. The minimum Gasteiger partial charge on any atom is -0.341 e. The van der Waals surface area contributed by atoms with Crippen LogP contribution < -0.4 is 5.56 Å². The molecule has 3 heterocycles. The number of nitrogens with zero attached hydrogens (tertiary/aromatic N) is 4. The van der Waals surface area contributed by atoms with E-state index in [1.54, 1.807) is 13.8 Å². The molecule has 3 rings (SSSR count). The number of hydrogen-bond acceptors (Lipinski definition) is 5. The molecule has 1 aromatic heterocycles. The zero-order chi connectivity index (χ0) is 23.3. The Morgan fingerprint density at radius 2 is 1.78 bits per heavy atom. The number of pyridine rings is 1. The number of amides is 1. The lowest BCUT2D eigenvalue weighted by Crippen LogP contribution is -2.46. The van der Waals surface area contributed by atoms with E-state index in [1.807, 2.05) is 4.90 Å². The fraction of sp³-hybridized carbons (Fsp3) is 0.739. The van der Waals surface area contributed by atoms with E-state index < -0.39 is 10.0 Å². The summed E-state index contributed by atoms with van der Waals surface area (Å²) in [6, 6.07) is 2.56. The Morgan fingerprint density at radius 3 is 2.44 bits per heavy atom. The first-order valence-corrected chi connectivity index (χ1v) is 13.4. The third-order valence-electron chi connectivity index (χ3n) is 6.87. The Labute approximate surface area is 192 Å². The quantitative estimate of drug-likeness (QED) is 0.584. The van der Waals surface area contributed by atoms with Crippen LogP contribution in [0.3, 0.4) is 0 Å². The smallest absolute Gasteiger partial charge is 0.251 e. The lowest BCUT2D eigenvalue weighted by atomic mass is 9.94. The molecule has 1 amide bonds. The lowest BCUT2D eigenvalue weighted by molar-refractivity contribution is -0.133. The Hall–Kier alpha value is -1.71. The van der Waals surface area contributed by atoms with E-state index in [4.69, 9.17) is 0 Å². The van der Waals surface area contributed by atoms with E-state index in [0.717, 1.165) is 38.4 Å². The largest absolute Gasteiger partial charge is 0.341 e. The molecule has 0 radical (unpaired) electrons. The number of carbonyl (C=O) groups excluding carboxylic acids is 1. The molecule has 8 nitrogen and oxygen atoms in total. The number of rotatable bonds is 8.